The summed E-state index contributed by atoms with van der Waals surface area (Å²) >= 11 is 5.20. The first-order valence-electron chi connectivity index (χ1n) is 11.2. The first-order chi connectivity index (χ1) is 15.7. The van der Waals surface area contributed by atoms with E-state index < -0.39 is 0 Å². The molecule has 0 bridgehead atoms. The number of oxazole rings is 1. The first kappa shape index (κ1) is 21.1. The van der Waals surface area contributed by atoms with Gasteiger partial charge in [0.2, 0.25) is 5.02 Å². The average Bonchev–Trinajstić information content (AvgIpc) is 3.44. The van der Waals surface area contributed by atoms with Crippen molar-refractivity contribution in [2.45, 2.75) is 32.1 Å². The van der Waals surface area contributed by atoms with E-state index in [1.54, 1.807) is 6.20 Å². The Bertz CT molecular complexity index is 1170. The monoisotopic (exact) mass is 451 g/mol. The Morgan fingerprint density at radius 1 is 1.09 bits per heavy atom. The van der Waals surface area contributed by atoms with E-state index in [0.29, 0.717) is 24.2 Å². The van der Waals surface area contributed by atoms with Gasteiger partial charge in [-0.05, 0) is 62.9 Å². The molecule has 0 amide bonds. The highest BCUT2D eigenvalue weighted by atomic mass is 35.5. The van der Waals surface area contributed by atoms with E-state index in [9.17, 15) is 0 Å². The third-order valence-corrected chi connectivity index (χ3v) is 6.44. The van der Waals surface area contributed by atoms with Crippen LogP contribution < -0.4 is 4.74 Å². The highest BCUT2D eigenvalue weighted by Gasteiger charge is 2.20. The van der Waals surface area contributed by atoms with Gasteiger partial charge < -0.3 is 18.5 Å². The van der Waals surface area contributed by atoms with E-state index >= 15 is 0 Å². The minimum absolute atomic E-state index is 0.494. The fraction of sp³-hybridized carbons (Fsp3) is 0.346. The number of hydrogen-bond acceptors (Lipinski definition) is 5. The topological polar surface area (TPSA) is 51.6 Å². The first-order valence-corrected chi connectivity index (χ1v) is 11.6. The largest absolute Gasteiger partial charge is 0.493 e. The van der Waals surface area contributed by atoms with E-state index in [1.807, 2.05) is 43.3 Å². The maximum atomic E-state index is 6.12. The number of fused-ring (bicyclic) bond motifs is 1. The van der Waals surface area contributed by atoms with Crippen LogP contribution in [0.25, 0.3) is 22.6 Å². The van der Waals surface area contributed by atoms with Crippen molar-refractivity contribution >= 4 is 11.0 Å². The minimum Gasteiger partial charge on any atom is -0.493 e. The molecule has 1 saturated heterocycles. The molecule has 0 spiro atoms. The van der Waals surface area contributed by atoms with Crippen LogP contribution in [0.15, 0.2) is 63.6 Å². The second-order valence-corrected chi connectivity index (χ2v) is 8.91. The predicted octanol–water partition coefficient (Wildman–Crippen LogP) is 5.74. The molecule has 2 aromatic heterocycles. The molecule has 5 nitrogen and oxygen atoms in total. The Labute approximate surface area is 192 Å². The maximum Gasteiger partial charge on any atom is 0.263 e. The van der Waals surface area contributed by atoms with Gasteiger partial charge in [0, 0.05) is 24.7 Å². The van der Waals surface area contributed by atoms with Crippen molar-refractivity contribution in [3.8, 4) is 17.4 Å². The zero-order chi connectivity index (χ0) is 21.9. The molecule has 1 aliphatic rings. The predicted molar refractivity (Wildman–Crippen MR) is 122 cm³/mol. The van der Waals surface area contributed by atoms with Gasteiger partial charge >= 0.3 is 0 Å². The molecule has 1 aliphatic heterocycles. The van der Waals surface area contributed by atoms with E-state index in [1.165, 1.54) is 18.4 Å². The van der Waals surface area contributed by atoms with Gasteiger partial charge in [0.15, 0.2) is 17.4 Å². The van der Waals surface area contributed by atoms with Gasteiger partial charge in [0.25, 0.3) is 5.89 Å². The third kappa shape index (κ3) is 4.69. The fourth-order valence-electron chi connectivity index (χ4n) is 4.43. The van der Waals surface area contributed by atoms with Crippen LogP contribution in [0.3, 0.4) is 0 Å². The van der Waals surface area contributed by atoms with Crippen LogP contribution in [0.1, 0.15) is 36.5 Å². The summed E-state index contributed by atoms with van der Waals surface area (Å²) in [6, 6.07) is 16.3. The number of likely N-dealkylation sites (tertiary alicyclic amines) is 1. The molecule has 5 rings (SSSR count). The zero-order valence-electron chi connectivity index (χ0n) is 18.3. The van der Waals surface area contributed by atoms with Crippen molar-refractivity contribution in [2.24, 2.45) is 0 Å². The summed E-state index contributed by atoms with van der Waals surface area (Å²) in [5, 5.41) is 1.87. The van der Waals surface area contributed by atoms with Gasteiger partial charge in [-0.25, -0.2) is 4.98 Å². The summed E-state index contributed by atoms with van der Waals surface area (Å²) < 4.78 is 17.6. The van der Waals surface area contributed by atoms with Gasteiger partial charge in [-0.1, -0.05) is 18.2 Å². The van der Waals surface area contributed by atoms with E-state index in [-0.39, 0.29) is 0 Å². The molecule has 0 atom stereocenters. The van der Waals surface area contributed by atoms with Crippen LogP contribution in [0.2, 0.25) is 5.02 Å². The van der Waals surface area contributed by atoms with Crippen molar-refractivity contribution in [1.29, 1.82) is 0 Å². The number of rotatable bonds is 7. The average molecular weight is 452 g/mol. The van der Waals surface area contributed by atoms with E-state index in [4.69, 9.17) is 25.2 Å². The van der Waals surface area contributed by atoms with Crippen LogP contribution in [-0.2, 0) is 0 Å². The molecule has 0 radical (unpaired) electrons. The lowest BCUT2D eigenvalue weighted by molar-refractivity contribution is -0.288. The number of furan rings is 1. The lowest BCUT2D eigenvalue weighted by Gasteiger charge is -2.32. The molecule has 0 aliphatic carbocycles. The summed E-state index contributed by atoms with van der Waals surface area (Å²) in [5.41, 5.74) is 2.20. The Morgan fingerprint density at radius 3 is 2.66 bits per heavy atom. The lowest BCUT2D eigenvalue weighted by atomic mass is 9.89. The summed E-state index contributed by atoms with van der Waals surface area (Å²) in [5.74, 6) is 3.36. The highest BCUT2D eigenvalue weighted by Crippen LogP contribution is 2.33. The number of piperidine rings is 1. The molecule has 1 fully saturated rings. The second kappa shape index (κ2) is 9.39. The molecule has 166 valence electrons. The Kier molecular flexibility index (Phi) is 6.19. The summed E-state index contributed by atoms with van der Waals surface area (Å²) in [4.78, 5) is 6.80. The molecule has 6 heteroatoms. The van der Waals surface area contributed by atoms with Gasteiger partial charge in [0.1, 0.15) is 17.1 Å². The van der Waals surface area contributed by atoms with Crippen molar-refractivity contribution in [3.63, 3.8) is 0 Å². The molecular weight excluding hydrogens is 424 g/mol. The Balaban J connectivity index is 1.12. The van der Waals surface area contributed by atoms with Gasteiger partial charge in [-0.2, -0.15) is 0 Å². The van der Waals surface area contributed by atoms with Crippen LogP contribution in [-0.4, -0.2) is 36.1 Å². The van der Waals surface area contributed by atoms with Crippen LogP contribution in [0.4, 0.5) is 0 Å². The number of benzene rings is 2. The van der Waals surface area contributed by atoms with Crippen molar-refractivity contribution in [2.75, 3.05) is 26.2 Å². The van der Waals surface area contributed by atoms with E-state index in [0.717, 1.165) is 53.6 Å². The van der Waals surface area contributed by atoms with Crippen LogP contribution in [0.5, 0.6) is 5.75 Å². The number of halogens is 1. The summed E-state index contributed by atoms with van der Waals surface area (Å²) in [6.07, 6.45) is 5.10. The molecule has 0 N–H and O–H groups in total. The van der Waals surface area contributed by atoms with Crippen LogP contribution in [0, 0.1) is 18.5 Å². The SMILES string of the molecule is Cc1cnc(-c2cc3c(OCCCN4CCC(c5ccc([ClH+])cc5)CC4)cccc3o2)o1. The minimum atomic E-state index is 0.494. The standard InChI is InChI=1S/C26H28ClN2O3/c1-18-17-28-26(31-18)25-16-22-23(4-2-5-24(22)32-25)30-15-3-12-29-13-10-20(11-14-29)19-6-8-21(27)9-7-19/h2,4-9,16-17,20,27H,3,10-15H2,1H3/q+1. The van der Waals surface area contributed by atoms with E-state index in [2.05, 4.69) is 22.0 Å². The molecule has 3 heterocycles. The van der Waals surface area contributed by atoms with Gasteiger partial charge in [-0.15, -0.1) is 0 Å². The van der Waals surface area contributed by atoms with Crippen molar-refractivity contribution in [1.82, 2.24) is 9.88 Å². The molecule has 4 aromatic rings. The number of hydrogen-bond donors (Lipinski definition) is 0. The molecule has 2 aromatic carbocycles. The third-order valence-electron chi connectivity index (χ3n) is 6.17. The Hall–Kier alpha value is -2.76. The molecule has 0 unspecified atom stereocenters. The molecule has 32 heavy (non-hydrogen) atoms. The van der Waals surface area contributed by atoms with Gasteiger partial charge in [-0.3, -0.25) is 0 Å². The normalized spacial score (nSPS) is 15.4. The second-order valence-electron chi connectivity index (χ2n) is 8.44. The highest BCUT2D eigenvalue weighted by molar-refractivity contribution is 5.87. The van der Waals surface area contributed by atoms with Crippen molar-refractivity contribution < 1.29 is 25.2 Å². The van der Waals surface area contributed by atoms with Crippen LogP contribution >= 0.6 is 0 Å². The summed E-state index contributed by atoms with van der Waals surface area (Å²) in [6.45, 7) is 5.87. The fourth-order valence-corrected chi connectivity index (χ4v) is 4.57. The van der Waals surface area contributed by atoms with Gasteiger partial charge in [0.05, 0.1) is 18.2 Å². The number of aromatic nitrogens is 1. The number of aryl methyl sites for hydroxylation is 1. The molecular formula is C26H28ClN2O3+. The number of nitrogens with zero attached hydrogens (tertiary/aromatic N) is 2. The zero-order valence-corrected chi connectivity index (χ0v) is 19.1. The Morgan fingerprint density at radius 2 is 1.91 bits per heavy atom. The maximum absolute atomic E-state index is 6.12. The quantitative estimate of drug-likeness (QED) is 0.335. The molecule has 0 saturated carbocycles. The van der Waals surface area contributed by atoms with Crippen molar-refractivity contribution in [3.05, 3.63) is 71.1 Å². The summed E-state index contributed by atoms with van der Waals surface area (Å²) in [7, 11) is 0. The lowest BCUT2D eigenvalue weighted by Crippen LogP contribution is -2.34. The smallest absolute Gasteiger partial charge is 0.263 e. The number of ether oxygens (including phenoxy) is 1.